The molecule has 0 amide bonds. The number of nitrogens with zero attached hydrogens (tertiary/aromatic N) is 1. The van der Waals surface area contributed by atoms with E-state index in [0.717, 1.165) is 17.3 Å². The highest BCUT2D eigenvalue weighted by Gasteiger charge is 2.42. The Balaban J connectivity index is 2.16. The molecule has 0 spiro atoms. The molecule has 0 bridgehead atoms. The largest absolute Gasteiger partial charge is 0.312 e. The monoisotopic (exact) mass is 314 g/mol. The fourth-order valence-corrected chi connectivity index (χ4v) is 4.66. The summed E-state index contributed by atoms with van der Waals surface area (Å²) in [6.45, 7) is 3.34. The van der Waals surface area contributed by atoms with E-state index >= 15 is 0 Å². The van der Waals surface area contributed by atoms with Gasteiger partial charge in [0.05, 0.1) is 4.34 Å². The highest BCUT2D eigenvalue weighted by molar-refractivity contribution is 7.16. The van der Waals surface area contributed by atoms with E-state index < -0.39 is 0 Å². The molecular formula is C16H27ClN2S. The topological polar surface area (TPSA) is 15.3 Å². The Hall–Kier alpha value is -0.0900. The van der Waals surface area contributed by atoms with Crippen molar-refractivity contribution in [3.05, 3.63) is 21.3 Å². The molecule has 1 atom stereocenters. The van der Waals surface area contributed by atoms with E-state index in [0.29, 0.717) is 11.6 Å². The molecule has 0 radical (unpaired) electrons. The van der Waals surface area contributed by atoms with E-state index in [1.807, 2.05) is 6.07 Å². The highest BCUT2D eigenvalue weighted by Crippen LogP contribution is 2.38. The summed E-state index contributed by atoms with van der Waals surface area (Å²) in [5.74, 6) is 0. The molecule has 1 saturated carbocycles. The van der Waals surface area contributed by atoms with Gasteiger partial charge in [-0.2, -0.15) is 0 Å². The van der Waals surface area contributed by atoms with Gasteiger partial charge in [-0.1, -0.05) is 31.4 Å². The zero-order valence-corrected chi connectivity index (χ0v) is 14.5. The minimum absolute atomic E-state index is 0.311. The Morgan fingerprint density at radius 2 is 2.05 bits per heavy atom. The van der Waals surface area contributed by atoms with Gasteiger partial charge in [0.1, 0.15) is 0 Å². The second-order valence-corrected chi connectivity index (χ2v) is 7.92. The van der Waals surface area contributed by atoms with E-state index in [1.54, 1.807) is 11.3 Å². The molecule has 1 aliphatic rings. The van der Waals surface area contributed by atoms with E-state index in [-0.39, 0.29) is 0 Å². The van der Waals surface area contributed by atoms with Crippen molar-refractivity contribution in [3.63, 3.8) is 0 Å². The first-order chi connectivity index (χ1) is 9.58. The van der Waals surface area contributed by atoms with Gasteiger partial charge in [0.25, 0.3) is 0 Å². The number of halogens is 1. The summed E-state index contributed by atoms with van der Waals surface area (Å²) in [6, 6.07) is 4.73. The van der Waals surface area contributed by atoms with Crippen LogP contribution in [0.1, 0.15) is 43.9 Å². The number of nitrogens with one attached hydrogen (secondary N) is 1. The number of rotatable bonds is 7. The Morgan fingerprint density at radius 3 is 2.55 bits per heavy atom. The summed E-state index contributed by atoms with van der Waals surface area (Å²) < 4.78 is 0.902. The van der Waals surface area contributed by atoms with Crippen molar-refractivity contribution in [1.29, 1.82) is 0 Å². The van der Waals surface area contributed by atoms with Crippen LogP contribution >= 0.6 is 22.9 Å². The summed E-state index contributed by atoms with van der Waals surface area (Å²) in [5, 5.41) is 3.81. The van der Waals surface area contributed by atoms with Crippen molar-refractivity contribution in [2.75, 3.05) is 20.6 Å². The van der Waals surface area contributed by atoms with E-state index in [4.69, 9.17) is 11.6 Å². The van der Waals surface area contributed by atoms with Crippen LogP contribution in [0.2, 0.25) is 4.34 Å². The normalized spacial score (nSPS) is 19.6. The molecule has 1 heterocycles. The van der Waals surface area contributed by atoms with Gasteiger partial charge in [0.15, 0.2) is 0 Å². The number of hydrogen-bond acceptors (Lipinski definition) is 3. The predicted octanol–water partition coefficient (Wildman–Crippen LogP) is 4.19. The molecule has 1 aromatic heterocycles. The third-order valence-corrected chi connectivity index (χ3v) is 5.94. The second kappa shape index (κ2) is 7.26. The zero-order valence-electron chi connectivity index (χ0n) is 12.9. The van der Waals surface area contributed by atoms with Crippen LogP contribution in [0.3, 0.4) is 0 Å². The average Bonchev–Trinajstić information content (AvgIpc) is 3.04. The van der Waals surface area contributed by atoms with Crippen LogP contribution in [-0.2, 0) is 6.42 Å². The molecule has 4 heteroatoms. The lowest BCUT2D eigenvalue weighted by atomic mass is 9.84. The summed E-state index contributed by atoms with van der Waals surface area (Å²) in [4.78, 5) is 3.86. The lowest BCUT2D eigenvalue weighted by molar-refractivity contribution is 0.105. The molecule has 2 nitrogen and oxygen atoms in total. The van der Waals surface area contributed by atoms with E-state index in [2.05, 4.69) is 37.3 Å². The van der Waals surface area contributed by atoms with Crippen LogP contribution in [0, 0.1) is 0 Å². The van der Waals surface area contributed by atoms with Gasteiger partial charge >= 0.3 is 0 Å². The van der Waals surface area contributed by atoms with Crippen LogP contribution in [0.25, 0.3) is 0 Å². The molecular weight excluding hydrogens is 288 g/mol. The molecule has 1 unspecified atom stereocenters. The average molecular weight is 315 g/mol. The second-order valence-electron chi connectivity index (χ2n) is 6.12. The molecule has 0 saturated heterocycles. The lowest BCUT2D eigenvalue weighted by Gasteiger charge is -2.44. The van der Waals surface area contributed by atoms with Crippen LogP contribution in [0.15, 0.2) is 12.1 Å². The molecule has 0 aromatic carbocycles. The Labute approximate surface area is 132 Å². The molecule has 20 heavy (non-hydrogen) atoms. The third-order valence-electron chi connectivity index (χ3n) is 4.68. The van der Waals surface area contributed by atoms with Crippen LogP contribution < -0.4 is 5.32 Å². The Morgan fingerprint density at radius 1 is 1.35 bits per heavy atom. The Bertz CT molecular complexity index is 410. The molecule has 2 rings (SSSR count). The van der Waals surface area contributed by atoms with Gasteiger partial charge < -0.3 is 10.2 Å². The maximum Gasteiger partial charge on any atom is 0.0931 e. The SMILES string of the molecule is CCCNC(Cc1ccc(Cl)s1)C1(N(C)C)CCCC1. The van der Waals surface area contributed by atoms with Crippen molar-refractivity contribution in [3.8, 4) is 0 Å². The number of hydrogen-bond donors (Lipinski definition) is 1. The Kier molecular flexibility index (Phi) is 5.91. The molecule has 1 fully saturated rings. The first-order valence-electron chi connectivity index (χ1n) is 7.73. The minimum atomic E-state index is 0.311. The molecule has 1 aromatic rings. The van der Waals surface area contributed by atoms with Gasteiger partial charge in [0.2, 0.25) is 0 Å². The van der Waals surface area contributed by atoms with Gasteiger partial charge in [-0.25, -0.2) is 0 Å². The lowest BCUT2D eigenvalue weighted by Crippen LogP contribution is -2.58. The molecule has 0 aliphatic heterocycles. The van der Waals surface area contributed by atoms with E-state index in [9.17, 15) is 0 Å². The minimum Gasteiger partial charge on any atom is -0.312 e. The molecule has 1 aliphatic carbocycles. The maximum absolute atomic E-state index is 6.09. The van der Waals surface area contributed by atoms with Gasteiger partial charge in [-0.05, 0) is 58.5 Å². The molecule has 114 valence electrons. The van der Waals surface area contributed by atoms with Gasteiger partial charge in [-0.3, -0.25) is 0 Å². The predicted molar refractivity (Wildman–Crippen MR) is 90.0 cm³/mol. The zero-order chi connectivity index (χ0) is 14.6. The van der Waals surface area contributed by atoms with Crippen molar-refractivity contribution in [2.24, 2.45) is 0 Å². The van der Waals surface area contributed by atoms with Gasteiger partial charge in [0, 0.05) is 16.5 Å². The number of thiophene rings is 1. The smallest absolute Gasteiger partial charge is 0.0931 e. The first-order valence-corrected chi connectivity index (χ1v) is 8.93. The van der Waals surface area contributed by atoms with Crippen LogP contribution in [0.4, 0.5) is 0 Å². The van der Waals surface area contributed by atoms with Crippen molar-refractivity contribution in [2.45, 2.75) is 57.0 Å². The van der Waals surface area contributed by atoms with Crippen molar-refractivity contribution >= 4 is 22.9 Å². The fourth-order valence-electron chi connectivity index (χ4n) is 3.53. The summed E-state index contributed by atoms with van der Waals surface area (Å²) in [5.41, 5.74) is 0.311. The molecule has 1 N–H and O–H groups in total. The van der Waals surface area contributed by atoms with E-state index in [1.165, 1.54) is 37.0 Å². The van der Waals surface area contributed by atoms with Crippen LogP contribution in [0.5, 0.6) is 0 Å². The quantitative estimate of drug-likeness (QED) is 0.812. The summed E-state index contributed by atoms with van der Waals surface area (Å²) >= 11 is 7.82. The van der Waals surface area contributed by atoms with Crippen molar-refractivity contribution in [1.82, 2.24) is 10.2 Å². The van der Waals surface area contributed by atoms with Gasteiger partial charge in [-0.15, -0.1) is 11.3 Å². The standard InChI is InChI=1S/C16H27ClN2S/c1-4-11-18-14(12-13-7-8-15(17)20-13)16(19(2)3)9-5-6-10-16/h7-8,14,18H,4-6,9-12H2,1-3H3. The summed E-state index contributed by atoms with van der Waals surface area (Å²) in [6.07, 6.45) is 7.60. The first kappa shape index (κ1) is 16.3. The van der Waals surface area contributed by atoms with Crippen LogP contribution in [-0.4, -0.2) is 37.1 Å². The van der Waals surface area contributed by atoms with Crippen molar-refractivity contribution < 1.29 is 0 Å². The summed E-state index contributed by atoms with van der Waals surface area (Å²) in [7, 11) is 4.49. The fraction of sp³-hybridized carbons (Fsp3) is 0.750. The highest BCUT2D eigenvalue weighted by atomic mass is 35.5. The number of likely N-dealkylation sites (N-methyl/N-ethyl adjacent to an activating group) is 1. The maximum atomic E-state index is 6.09. The third kappa shape index (κ3) is 3.56.